The van der Waals surface area contributed by atoms with E-state index >= 15 is 0 Å². The van der Waals surface area contributed by atoms with Gasteiger partial charge in [0.2, 0.25) is 11.8 Å². The maximum atomic E-state index is 13.8. The predicted octanol–water partition coefficient (Wildman–Crippen LogP) is 5.33. The van der Waals surface area contributed by atoms with Gasteiger partial charge in [-0.1, -0.05) is 63.1 Å². The molecule has 216 valence electrons. The van der Waals surface area contributed by atoms with Crippen molar-refractivity contribution in [2.75, 3.05) is 32.8 Å². The molecule has 1 saturated carbocycles. The number of hydrogen-bond donors (Lipinski definition) is 1. The van der Waals surface area contributed by atoms with Gasteiger partial charge in [-0.2, -0.15) is 0 Å². The lowest BCUT2D eigenvalue weighted by Crippen LogP contribution is -2.73. The number of likely N-dealkylation sites (tertiary alicyclic amines) is 1. The Balaban J connectivity index is 1.20. The Morgan fingerprint density at radius 1 is 1.08 bits per heavy atom. The second-order valence-electron chi connectivity index (χ2n) is 12.1. The van der Waals surface area contributed by atoms with Crippen LogP contribution in [0.2, 0.25) is 5.02 Å². The molecule has 8 heteroatoms. The molecule has 1 aliphatic carbocycles. The third-order valence-corrected chi connectivity index (χ3v) is 9.76. The number of nitrogens with zero attached hydrogens (tertiary/aromatic N) is 2. The summed E-state index contributed by atoms with van der Waals surface area (Å²) in [5.41, 5.74) is 0.336. The molecule has 1 N–H and O–H groups in total. The first-order valence-electron chi connectivity index (χ1n) is 15.4. The van der Waals surface area contributed by atoms with Crippen LogP contribution < -0.4 is 10.1 Å². The highest BCUT2D eigenvalue weighted by Gasteiger charge is 2.53. The number of carbonyl (C=O) groups is 2. The number of halogens is 1. The van der Waals surface area contributed by atoms with Gasteiger partial charge in [0.25, 0.3) is 0 Å². The van der Waals surface area contributed by atoms with Gasteiger partial charge >= 0.3 is 0 Å². The van der Waals surface area contributed by atoms with Gasteiger partial charge in [0.15, 0.2) is 0 Å². The Bertz CT molecular complexity index is 984. The fourth-order valence-corrected chi connectivity index (χ4v) is 7.20. The minimum atomic E-state index is -0.725. The average Bonchev–Trinajstić information content (AvgIpc) is 2.95. The normalized spacial score (nSPS) is 25.2. The van der Waals surface area contributed by atoms with E-state index in [4.69, 9.17) is 21.1 Å². The fourth-order valence-electron chi connectivity index (χ4n) is 6.97. The van der Waals surface area contributed by atoms with E-state index in [1.54, 1.807) is 0 Å². The van der Waals surface area contributed by atoms with Gasteiger partial charge in [-0.3, -0.25) is 14.5 Å². The van der Waals surface area contributed by atoms with Crippen LogP contribution in [0, 0.1) is 5.92 Å². The van der Waals surface area contributed by atoms with E-state index in [1.165, 1.54) is 32.1 Å². The van der Waals surface area contributed by atoms with Crippen LogP contribution in [0.3, 0.4) is 0 Å². The summed E-state index contributed by atoms with van der Waals surface area (Å²) in [5, 5.41) is 3.91. The van der Waals surface area contributed by atoms with E-state index in [2.05, 4.69) is 23.2 Å². The van der Waals surface area contributed by atoms with Gasteiger partial charge < -0.3 is 19.7 Å². The van der Waals surface area contributed by atoms with E-state index in [0.29, 0.717) is 30.3 Å². The summed E-state index contributed by atoms with van der Waals surface area (Å²) >= 11 is 6.68. The molecule has 4 fully saturated rings. The predicted molar refractivity (Wildman–Crippen MR) is 153 cm³/mol. The second kappa shape index (κ2) is 13.2. The first kappa shape index (κ1) is 28.7. The minimum absolute atomic E-state index is 0.0614. The highest BCUT2D eigenvalue weighted by molar-refractivity contribution is 6.31. The third kappa shape index (κ3) is 6.74. The number of benzene rings is 1. The zero-order chi connectivity index (χ0) is 27.2. The summed E-state index contributed by atoms with van der Waals surface area (Å²) in [4.78, 5) is 31.8. The van der Waals surface area contributed by atoms with Crippen LogP contribution in [-0.2, 0) is 20.9 Å². The lowest BCUT2D eigenvalue weighted by atomic mass is 9.79. The van der Waals surface area contributed by atoms with E-state index < -0.39 is 5.54 Å². The number of ether oxygens (including phenoxy) is 2. The molecule has 5 rings (SSSR count). The van der Waals surface area contributed by atoms with Crippen molar-refractivity contribution in [1.82, 2.24) is 15.1 Å². The topological polar surface area (TPSA) is 71.1 Å². The molecule has 0 aromatic heterocycles. The van der Waals surface area contributed by atoms with Gasteiger partial charge in [-0.15, -0.1) is 0 Å². The summed E-state index contributed by atoms with van der Waals surface area (Å²) in [7, 11) is 0. The molecule has 39 heavy (non-hydrogen) atoms. The molecule has 3 heterocycles. The van der Waals surface area contributed by atoms with Crippen LogP contribution in [0.15, 0.2) is 18.2 Å². The second-order valence-corrected chi connectivity index (χ2v) is 12.5. The zero-order valence-corrected chi connectivity index (χ0v) is 24.4. The molecule has 3 aliphatic heterocycles. The summed E-state index contributed by atoms with van der Waals surface area (Å²) < 4.78 is 11.5. The Hall–Kier alpha value is -1.83. The molecule has 0 radical (unpaired) electrons. The first-order valence-corrected chi connectivity index (χ1v) is 15.7. The summed E-state index contributed by atoms with van der Waals surface area (Å²) in [5.74, 6) is 1.56. The van der Waals surface area contributed by atoms with E-state index in [-0.39, 0.29) is 24.0 Å². The Labute approximate surface area is 238 Å². The van der Waals surface area contributed by atoms with Crippen molar-refractivity contribution in [2.45, 2.75) is 108 Å². The minimum Gasteiger partial charge on any atom is -0.490 e. The molecule has 1 atom stereocenters. The molecular weight excluding hydrogens is 514 g/mol. The molecule has 1 spiro atoms. The number of rotatable bonds is 9. The number of piperazine rings is 1. The van der Waals surface area contributed by atoms with Crippen molar-refractivity contribution in [3.63, 3.8) is 0 Å². The molecule has 0 bridgehead atoms. The largest absolute Gasteiger partial charge is 0.490 e. The lowest BCUT2D eigenvalue weighted by Gasteiger charge is -2.52. The smallest absolute Gasteiger partial charge is 0.246 e. The number of amides is 2. The number of carbonyl (C=O) groups excluding carboxylic acids is 2. The van der Waals surface area contributed by atoms with E-state index in [9.17, 15) is 9.59 Å². The summed E-state index contributed by atoms with van der Waals surface area (Å²) in [6.45, 7) is 6.54. The molecular formula is C31H46ClN3O4. The molecule has 1 unspecified atom stereocenters. The lowest BCUT2D eigenvalue weighted by molar-refractivity contribution is -0.162. The number of unbranched alkanes of at least 4 members (excludes halogenated alkanes) is 1. The molecule has 2 amide bonds. The first-order chi connectivity index (χ1) is 19.0. The fraction of sp³-hybridized carbons (Fsp3) is 0.742. The van der Waals surface area contributed by atoms with E-state index in [1.807, 2.05) is 17.0 Å². The maximum absolute atomic E-state index is 13.8. The summed E-state index contributed by atoms with van der Waals surface area (Å²) in [6, 6.07) is 5.63. The van der Waals surface area contributed by atoms with Crippen LogP contribution in [0.25, 0.3) is 0 Å². The van der Waals surface area contributed by atoms with Gasteiger partial charge in [0.05, 0.1) is 13.2 Å². The van der Waals surface area contributed by atoms with E-state index in [0.717, 1.165) is 76.3 Å². The number of nitrogens with one attached hydrogen (secondary N) is 1. The Morgan fingerprint density at radius 2 is 1.82 bits per heavy atom. The quantitative estimate of drug-likeness (QED) is 0.443. The highest BCUT2D eigenvalue weighted by Crippen LogP contribution is 2.37. The average molecular weight is 560 g/mol. The number of hydrogen-bond acceptors (Lipinski definition) is 5. The standard InChI is InChI=1S/C31H46ClN3O4/c1-2-3-15-35-29(36)28(20-23-7-5-4-6-8-23)33-30(37)31(35)13-16-34(17-14-31)22-24-9-10-26(21-27(24)32)39-25-11-18-38-19-12-25/h9-10,21,23,25,28H,2-8,11-20,22H2,1H3,(H,33,37). The van der Waals surface area contributed by atoms with Crippen molar-refractivity contribution in [3.05, 3.63) is 28.8 Å². The van der Waals surface area contributed by atoms with Crippen LogP contribution in [0.1, 0.15) is 89.5 Å². The van der Waals surface area contributed by atoms with Crippen molar-refractivity contribution in [3.8, 4) is 5.75 Å². The summed E-state index contributed by atoms with van der Waals surface area (Å²) in [6.07, 6.45) is 12.2. The van der Waals surface area contributed by atoms with Crippen LogP contribution in [0.5, 0.6) is 5.75 Å². The molecule has 1 aromatic rings. The zero-order valence-electron chi connectivity index (χ0n) is 23.6. The van der Waals surface area contributed by atoms with Gasteiger partial charge in [0, 0.05) is 44.0 Å². The van der Waals surface area contributed by atoms with Gasteiger partial charge in [-0.05, 0) is 49.3 Å². The van der Waals surface area contributed by atoms with Crippen molar-refractivity contribution in [1.29, 1.82) is 0 Å². The number of piperidine rings is 1. The maximum Gasteiger partial charge on any atom is 0.246 e. The van der Waals surface area contributed by atoms with Gasteiger partial charge in [-0.25, -0.2) is 0 Å². The molecule has 1 aromatic carbocycles. The van der Waals surface area contributed by atoms with Crippen molar-refractivity contribution >= 4 is 23.4 Å². The SMILES string of the molecule is CCCCN1C(=O)C(CC2CCCCC2)NC(=O)C12CCN(Cc1ccc(OC3CCOCC3)cc1Cl)CC2. The Kier molecular flexibility index (Phi) is 9.73. The van der Waals surface area contributed by atoms with Crippen LogP contribution in [-0.4, -0.2) is 72.1 Å². The molecule has 7 nitrogen and oxygen atoms in total. The van der Waals surface area contributed by atoms with Crippen LogP contribution >= 0.6 is 11.6 Å². The molecule has 4 aliphatic rings. The molecule has 3 saturated heterocycles. The van der Waals surface area contributed by atoms with Crippen LogP contribution in [0.4, 0.5) is 0 Å². The highest BCUT2D eigenvalue weighted by atomic mass is 35.5. The van der Waals surface area contributed by atoms with Crippen molar-refractivity contribution < 1.29 is 19.1 Å². The third-order valence-electron chi connectivity index (χ3n) is 9.41. The monoisotopic (exact) mass is 559 g/mol. The Morgan fingerprint density at radius 3 is 2.51 bits per heavy atom. The van der Waals surface area contributed by atoms with Gasteiger partial charge in [0.1, 0.15) is 23.4 Å². The van der Waals surface area contributed by atoms with Crippen molar-refractivity contribution in [2.24, 2.45) is 5.92 Å².